The fourth-order valence-electron chi connectivity index (χ4n) is 2.04. The Balaban J connectivity index is 2.06. The van der Waals surface area contributed by atoms with Crippen LogP contribution in [0.4, 0.5) is 11.5 Å². The predicted octanol–water partition coefficient (Wildman–Crippen LogP) is 4.14. The van der Waals surface area contributed by atoms with Gasteiger partial charge in [-0.05, 0) is 30.3 Å². The van der Waals surface area contributed by atoms with E-state index in [0.717, 1.165) is 4.47 Å². The average molecular weight is 359 g/mol. The second-order valence-electron chi connectivity index (χ2n) is 4.56. The number of aromatic nitrogens is 2. The van der Waals surface area contributed by atoms with E-state index in [2.05, 4.69) is 31.1 Å². The number of carboxylic acids is 1. The molecule has 0 bridgehead atoms. The molecule has 0 saturated carbocycles. The summed E-state index contributed by atoms with van der Waals surface area (Å²) in [6.07, 6.45) is 1.58. The van der Waals surface area contributed by atoms with Gasteiger partial charge in [-0.2, -0.15) is 0 Å². The van der Waals surface area contributed by atoms with Gasteiger partial charge in [0.25, 0.3) is 0 Å². The zero-order valence-corrected chi connectivity index (χ0v) is 12.9. The third-order valence-electron chi connectivity index (χ3n) is 2.96. The summed E-state index contributed by atoms with van der Waals surface area (Å²) in [6, 6.07) is 12.8. The number of nitrogens with zero attached hydrogens (tertiary/aromatic N) is 4. The van der Waals surface area contributed by atoms with Crippen LogP contribution in [0.5, 0.6) is 0 Å². The summed E-state index contributed by atoms with van der Waals surface area (Å²) in [5, 5.41) is 17.4. The zero-order valence-electron chi connectivity index (χ0n) is 11.3. The van der Waals surface area contributed by atoms with Gasteiger partial charge in [-0.25, -0.2) is 4.98 Å². The first-order valence-corrected chi connectivity index (χ1v) is 7.28. The molecule has 1 aromatic carbocycles. The minimum absolute atomic E-state index is 0.200. The standard InChI is InChI=1S/C15H11BrN4O2/c16-10-4-3-5-11(8-10)18-19-15-12(9-14(21)22)17-13-6-1-2-7-20(13)15/h1-8H,9H2,(H,21,22). The minimum atomic E-state index is -0.956. The lowest BCUT2D eigenvalue weighted by Crippen LogP contribution is -2.00. The Morgan fingerprint density at radius 1 is 1.23 bits per heavy atom. The van der Waals surface area contributed by atoms with E-state index in [1.807, 2.05) is 36.4 Å². The van der Waals surface area contributed by atoms with Gasteiger partial charge in [-0.3, -0.25) is 9.20 Å². The fraction of sp³-hybridized carbons (Fsp3) is 0.0667. The molecule has 0 fully saturated rings. The van der Waals surface area contributed by atoms with Crippen molar-refractivity contribution < 1.29 is 9.90 Å². The molecular formula is C15H11BrN4O2. The number of azo groups is 1. The van der Waals surface area contributed by atoms with Crippen molar-refractivity contribution in [2.24, 2.45) is 10.2 Å². The quantitative estimate of drug-likeness (QED) is 0.711. The van der Waals surface area contributed by atoms with Crippen molar-refractivity contribution in [2.75, 3.05) is 0 Å². The number of benzene rings is 1. The molecule has 6 nitrogen and oxygen atoms in total. The van der Waals surface area contributed by atoms with Crippen molar-refractivity contribution in [1.29, 1.82) is 0 Å². The number of rotatable bonds is 4. The lowest BCUT2D eigenvalue weighted by Gasteiger charge is -1.97. The molecule has 22 heavy (non-hydrogen) atoms. The van der Waals surface area contributed by atoms with Crippen LogP contribution in [0.3, 0.4) is 0 Å². The van der Waals surface area contributed by atoms with Gasteiger partial charge in [0.2, 0.25) is 0 Å². The van der Waals surface area contributed by atoms with E-state index in [9.17, 15) is 4.79 Å². The highest BCUT2D eigenvalue weighted by Gasteiger charge is 2.14. The van der Waals surface area contributed by atoms with Gasteiger partial charge in [-0.1, -0.05) is 28.1 Å². The monoisotopic (exact) mass is 358 g/mol. The van der Waals surface area contributed by atoms with Crippen LogP contribution in [0.25, 0.3) is 5.65 Å². The maximum absolute atomic E-state index is 11.0. The second-order valence-corrected chi connectivity index (χ2v) is 5.48. The largest absolute Gasteiger partial charge is 0.481 e. The number of hydrogen-bond acceptors (Lipinski definition) is 4. The third kappa shape index (κ3) is 3.04. The summed E-state index contributed by atoms with van der Waals surface area (Å²) < 4.78 is 2.62. The van der Waals surface area contributed by atoms with Gasteiger partial charge in [0, 0.05) is 10.7 Å². The second kappa shape index (κ2) is 6.07. The van der Waals surface area contributed by atoms with Crippen molar-refractivity contribution in [3.05, 3.63) is 58.8 Å². The smallest absolute Gasteiger partial charge is 0.309 e. The number of carbonyl (C=O) groups is 1. The summed E-state index contributed by atoms with van der Waals surface area (Å²) in [5.74, 6) is -0.528. The molecule has 1 N–H and O–H groups in total. The van der Waals surface area contributed by atoms with Crippen molar-refractivity contribution in [3.63, 3.8) is 0 Å². The van der Waals surface area contributed by atoms with Crippen molar-refractivity contribution >= 4 is 39.1 Å². The van der Waals surface area contributed by atoms with Crippen LogP contribution < -0.4 is 0 Å². The molecule has 7 heteroatoms. The molecule has 0 aliphatic heterocycles. The van der Waals surface area contributed by atoms with E-state index in [1.54, 1.807) is 16.7 Å². The summed E-state index contributed by atoms with van der Waals surface area (Å²) in [5.41, 5.74) is 1.70. The maximum atomic E-state index is 11.0. The predicted molar refractivity (Wildman–Crippen MR) is 84.8 cm³/mol. The Hall–Kier alpha value is -2.54. The van der Waals surface area contributed by atoms with Gasteiger partial charge in [0.15, 0.2) is 5.82 Å². The molecule has 2 heterocycles. The lowest BCUT2D eigenvalue weighted by atomic mass is 10.3. The van der Waals surface area contributed by atoms with Gasteiger partial charge < -0.3 is 5.11 Å². The molecule has 0 aliphatic carbocycles. The number of aliphatic carboxylic acids is 1. The first-order chi connectivity index (χ1) is 10.6. The van der Waals surface area contributed by atoms with E-state index in [0.29, 0.717) is 22.8 Å². The number of imidazole rings is 1. The highest BCUT2D eigenvalue weighted by molar-refractivity contribution is 9.10. The summed E-state index contributed by atoms with van der Waals surface area (Å²) >= 11 is 3.37. The first-order valence-electron chi connectivity index (χ1n) is 6.48. The number of halogens is 1. The van der Waals surface area contributed by atoms with Gasteiger partial charge >= 0.3 is 5.97 Å². The summed E-state index contributed by atoms with van der Waals surface area (Å²) in [4.78, 5) is 15.3. The average Bonchev–Trinajstić information content (AvgIpc) is 2.81. The normalized spacial score (nSPS) is 11.3. The molecule has 0 aliphatic rings. The van der Waals surface area contributed by atoms with Crippen LogP contribution in [0.2, 0.25) is 0 Å². The Morgan fingerprint density at radius 3 is 2.86 bits per heavy atom. The highest BCUT2D eigenvalue weighted by Crippen LogP contribution is 2.25. The van der Waals surface area contributed by atoms with Crippen molar-refractivity contribution in [1.82, 2.24) is 9.38 Å². The molecule has 0 amide bonds. The molecule has 0 saturated heterocycles. The molecular weight excluding hydrogens is 348 g/mol. The fourth-order valence-corrected chi connectivity index (χ4v) is 2.43. The molecule has 0 unspecified atom stereocenters. The molecule has 0 atom stereocenters. The third-order valence-corrected chi connectivity index (χ3v) is 3.45. The SMILES string of the molecule is O=C(O)Cc1nc2ccccn2c1N=Nc1cccc(Br)c1. The molecule has 2 aromatic heterocycles. The molecule has 3 rings (SSSR count). The first kappa shape index (κ1) is 14.4. The number of hydrogen-bond donors (Lipinski definition) is 1. The Labute approximate surface area is 134 Å². The minimum Gasteiger partial charge on any atom is -0.481 e. The van der Waals surface area contributed by atoms with Crippen molar-refractivity contribution in [2.45, 2.75) is 6.42 Å². The molecule has 3 aromatic rings. The van der Waals surface area contributed by atoms with Gasteiger partial charge in [-0.15, -0.1) is 10.2 Å². The highest BCUT2D eigenvalue weighted by atomic mass is 79.9. The summed E-state index contributed by atoms with van der Waals surface area (Å²) in [6.45, 7) is 0. The molecule has 0 radical (unpaired) electrons. The Morgan fingerprint density at radius 2 is 2.09 bits per heavy atom. The lowest BCUT2D eigenvalue weighted by molar-refractivity contribution is -0.136. The van der Waals surface area contributed by atoms with Gasteiger partial charge in [0.05, 0.1) is 17.8 Å². The molecule has 0 spiro atoms. The van der Waals surface area contributed by atoms with Crippen molar-refractivity contribution in [3.8, 4) is 0 Å². The van der Waals surface area contributed by atoms with Crippen LogP contribution in [-0.2, 0) is 11.2 Å². The topological polar surface area (TPSA) is 79.3 Å². The van der Waals surface area contributed by atoms with Gasteiger partial charge in [0.1, 0.15) is 5.65 Å². The van der Waals surface area contributed by atoms with E-state index in [4.69, 9.17) is 5.11 Å². The van der Waals surface area contributed by atoms with Crippen LogP contribution in [-0.4, -0.2) is 20.5 Å². The Bertz CT molecular complexity index is 873. The zero-order chi connectivity index (χ0) is 15.5. The van der Waals surface area contributed by atoms with Crippen LogP contribution in [0.15, 0.2) is 63.4 Å². The molecule has 110 valence electrons. The maximum Gasteiger partial charge on any atom is 0.309 e. The number of carboxylic acid groups (broad SMARTS) is 1. The van der Waals surface area contributed by atoms with E-state index >= 15 is 0 Å². The number of fused-ring (bicyclic) bond motifs is 1. The summed E-state index contributed by atoms with van der Waals surface area (Å²) in [7, 11) is 0. The van der Waals surface area contributed by atoms with Crippen LogP contribution in [0, 0.1) is 0 Å². The van der Waals surface area contributed by atoms with E-state index in [-0.39, 0.29) is 6.42 Å². The van der Waals surface area contributed by atoms with E-state index in [1.165, 1.54) is 0 Å². The Kier molecular flexibility index (Phi) is 3.97. The van der Waals surface area contributed by atoms with E-state index < -0.39 is 5.97 Å². The number of pyridine rings is 1. The van der Waals surface area contributed by atoms with Crippen LogP contribution in [0.1, 0.15) is 5.69 Å². The van der Waals surface area contributed by atoms with Crippen LogP contribution >= 0.6 is 15.9 Å².